The molecule has 9 heteroatoms. The first-order chi connectivity index (χ1) is 9.70. The maximum absolute atomic E-state index is 13.1. The van der Waals surface area contributed by atoms with Gasteiger partial charge < -0.3 is 0 Å². The predicted molar refractivity (Wildman–Crippen MR) is 78.3 cm³/mol. The van der Waals surface area contributed by atoms with Gasteiger partial charge in [-0.1, -0.05) is 25.4 Å². The molecule has 0 fully saturated rings. The lowest BCUT2D eigenvalue weighted by Crippen LogP contribution is -2.12. The normalized spacial score (nSPS) is 12.1. The van der Waals surface area contributed by atoms with Crippen LogP contribution in [-0.4, -0.2) is 23.2 Å². The second-order valence-electron chi connectivity index (χ2n) is 4.87. The number of hydrogen-bond donors (Lipinski definition) is 0. The van der Waals surface area contributed by atoms with Gasteiger partial charge in [-0.25, -0.2) is 12.8 Å². The zero-order chi connectivity index (χ0) is 15.8. The van der Waals surface area contributed by atoms with E-state index in [0.717, 1.165) is 6.07 Å². The van der Waals surface area contributed by atoms with E-state index in [2.05, 4.69) is 10.2 Å². The largest absolute Gasteiger partial charge is 0.297 e. The Hall–Kier alpha value is -1.18. The van der Waals surface area contributed by atoms with Crippen LogP contribution in [0.25, 0.3) is 11.4 Å². The SMILES string of the molecule is CC(C)Cn1c(-c2ccc(F)cc2Cl)nnc1S(=O)(=O)Cl. The van der Waals surface area contributed by atoms with Crippen LogP contribution in [0.15, 0.2) is 23.4 Å². The summed E-state index contributed by atoms with van der Waals surface area (Å²) in [6, 6.07) is 3.76. The van der Waals surface area contributed by atoms with Gasteiger partial charge >= 0.3 is 0 Å². The van der Waals surface area contributed by atoms with Crippen molar-refractivity contribution < 1.29 is 12.8 Å². The molecule has 1 aromatic heterocycles. The number of nitrogens with zero attached hydrogens (tertiary/aromatic N) is 3. The van der Waals surface area contributed by atoms with Crippen LogP contribution in [-0.2, 0) is 15.6 Å². The second kappa shape index (κ2) is 5.90. The first-order valence-electron chi connectivity index (χ1n) is 6.03. The lowest BCUT2D eigenvalue weighted by molar-refractivity contribution is 0.488. The molecule has 0 spiro atoms. The molecule has 2 aromatic rings. The molecule has 114 valence electrons. The molecule has 0 aliphatic rings. The summed E-state index contributed by atoms with van der Waals surface area (Å²) in [4.78, 5) is 0. The minimum Gasteiger partial charge on any atom is -0.297 e. The van der Waals surface area contributed by atoms with Crippen molar-refractivity contribution in [3.63, 3.8) is 0 Å². The molecule has 0 N–H and O–H groups in total. The molecule has 0 amide bonds. The number of aromatic nitrogens is 3. The second-order valence-corrected chi connectivity index (χ2v) is 7.74. The summed E-state index contributed by atoms with van der Waals surface area (Å²) in [6.45, 7) is 4.14. The molecule has 0 aliphatic heterocycles. The lowest BCUT2D eigenvalue weighted by Gasteiger charge is -2.12. The van der Waals surface area contributed by atoms with Gasteiger partial charge in [-0.05, 0) is 24.1 Å². The maximum atomic E-state index is 13.1. The van der Waals surface area contributed by atoms with E-state index >= 15 is 0 Å². The molecular formula is C12H12Cl2FN3O2S. The average Bonchev–Trinajstić information content (AvgIpc) is 2.71. The van der Waals surface area contributed by atoms with Crippen LogP contribution in [0.3, 0.4) is 0 Å². The van der Waals surface area contributed by atoms with Gasteiger partial charge in [0.15, 0.2) is 5.82 Å². The van der Waals surface area contributed by atoms with Crippen LogP contribution in [0.1, 0.15) is 13.8 Å². The van der Waals surface area contributed by atoms with E-state index < -0.39 is 14.9 Å². The van der Waals surface area contributed by atoms with E-state index in [4.69, 9.17) is 22.3 Å². The first kappa shape index (κ1) is 16.2. The first-order valence-corrected chi connectivity index (χ1v) is 8.72. The molecule has 1 heterocycles. The van der Waals surface area contributed by atoms with Gasteiger partial charge in [0.05, 0.1) is 5.02 Å². The Balaban J connectivity index is 2.66. The van der Waals surface area contributed by atoms with E-state index in [1.807, 2.05) is 13.8 Å². The Bertz CT molecular complexity index is 775. The molecule has 0 radical (unpaired) electrons. The molecule has 1 aromatic carbocycles. The summed E-state index contributed by atoms with van der Waals surface area (Å²) in [6.07, 6.45) is 0. The molecule has 0 saturated heterocycles. The van der Waals surface area contributed by atoms with Gasteiger partial charge in [0.25, 0.3) is 14.2 Å². The van der Waals surface area contributed by atoms with Crippen LogP contribution >= 0.6 is 22.3 Å². The van der Waals surface area contributed by atoms with Crippen molar-refractivity contribution in [3.8, 4) is 11.4 Å². The van der Waals surface area contributed by atoms with E-state index in [1.165, 1.54) is 16.7 Å². The average molecular weight is 352 g/mol. The quantitative estimate of drug-likeness (QED) is 0.792. The molecule has 0 atom stereocenters. The summed E-state index contributed by atoms with van der Waals surface area (Å²) in [5.74, 6) is -0.145. The van der Waals surface area contributed by atoms with Gasteiger partial charge in [0.1, 0.15) is 5.82 Å². The van der Waals surface area contributed by atoms with Crippen LogP contribution in [0.4, 0.5) is 4.39 Å². The van der Waals surface area contributed by atoms with Crippen LogP contribution in [0, 0.1) is 11.7 Å². The third-order valence-electron chi connectivity index (χ3n) is 2.65. The highest BCUT2D eigenvalue weighted by molar-refractivity contribution is 8.13. The molecule has 0 unspecified atom stereocenters. The Morgan fingerprint density at radius 3 is 2.52 bits per heavy atom. The Morgan fingerprint density at radius 1 is 1.33 bits per heavy atom. The van der Waals surface area contributed by atoms with Crippen molar-refractivity contribution in [2.45, 2.75) is 25.5 Å². The zero-order valence-electron chi connectivity index (χ0n) is 11.2. The Morgan fingerprint density at radius 2 is 2.00 bits per heavy atom. The van der Waals surface area contributed by atoms with E-state index in [1.54, 1.807) is 0 Å². The van der Waals surface area contributed by atoms with E-state index in [9.17, 15) is 12.8 Å². The zero-order valence-corrected chi connectivity index (χ0v) is 13.5. The van der Waals surface area contributed by atoms with E-state index in [0.29, 0.717) is 12.1 Å². The molecule has 5 nitrogen and oxygen atoms in total. The highest BCUT2D eigenvalue weighted by Crippen LogP contribution is 2.29. The topological polar surface area (TPSA) is 64.8 Å². The van der Waals surface area contributed by atoms with Crippen molar-refractivity contribution in [2.75, 3.05) is 0 Å². The van der Waals surface area contributed by atoms with Crippen molar-refractivity contribution in [3.05, 3.63) is 29.0 Å². The maximum Gasteiger partial charge on any atom is 0.296 e. The standard InChI is InChI=1S/C12H12Cl2FN3O2S/c1-7(2)6-18-11(16-17-12(18)21(14,19)20)9-4-3-8(15)5-10(9)13/h3-5,7H,6H2,1-2H3. The number of benzene rings is 1. The molecule has 21 heavy (non-hydrogen) atoms. The highest BCUT2D eigenvalue weighted by Gasteiger charge is 2.24. The van der Waals surface area contributed by atoms with Crippen molar-refractivity contribution in [1.82, 2.24) is 14.8 Å². The summed E-state index contributed by atoms with van der Waals surface area (Å²) >= 11 is 5.99. The summed E-state index contributed by atoms with van der Waals surface area (Å²) in [5, 5.41) is 7.22. The minimum atomic E-state index is -4.04. The van der Waals surface area contributed by atoms with Gasteiger partial charge in [-0.3, -0.25) is 4.57 Å². The number of rotatable bonds is 4. The fraction of sp³-hybridized carbons (Fsp3) is 0.333. The fourth-order valence-corrected chi connectivity index (χ4v) is 3.03. The summed E-state index contributed by atoms with van der Waals surface area (Å²) in [7, 11) is 1.33. The van der Waals surface area contributed by atoms with Crippen LogP contribution < -0.4 is 0 Å². The van der Waals surface area contributed by atoms with Crippen LogP contribution in [0.5, 0.6) is 0 Å². The molecule has 0 aliphatic carbocycles. The van der Waals surface area contributed by atoms with Crippen molar-refractivity contribution >= 4 is 31.3 Å². The van der Waals surface area contributed by atoms with Crippen molar-refractivity contribution in [2.24, 2.45) is 5.92 Å². The molecule has 2 rings (SSSR count). The Labute approximate surface area is 131 Å². The minimum absolute atomic E-state index is 0.117. The predicted octanol–water partition coefficient (Wildman–Crippen LogP) is 3.32. The highest BCUT2D eigenvalue weighted by atomic mass is 35.7. The monoisotopic (exact) mass is 351 g/mol. The van der Waals surface area contributed by atoms with Crippen LogP contribution in [0.2, 0.25) is 5.02 Å². The lowest BCUT2D eigenvalue weighted by atomic mass is 10.2. The van der Waals surface area contributed by atoms with Gasteiger partial charge in [-0.2, -0.15) is 0 Å². The molecule has 0 saturated carbocycles. The van der Waals surface area contributed by atoms with E-state index in [-0.39, 0.29) is 21.9 Å². The smallest absolute Gasteiger partial charge is 0.296 e. The Kier molecular flexibility index (Phi) is 4.55. The third kappa shape index (κ3) is 3.53. The van der Waals surface area contributed by atoms with Gasteiger partial charge in [-0.15, -0.1) is 10.2 Å². The summed E-state index contributed by atoms with van der Waals surface area (Å²) in [5.41, 5.74) is 0.387. The molecule has 0 bridgehead atoms. The number of hydrogen-bond acceptors (Lipinski definition) is 4. The van der Waals surface area contributed by atoms with Gasteiger partial charge in [0.2, 0.25) is 0 Å². The number of halogens is 3. The summed E-state index contributed by atoms with van der Waals surface area (Å²) < 4.78 is 37.6. The van der Waals surface area contributed by atoms with Crippen molar-refractivity contribution in [1.29, 1.82) is 0 Å². The fourth-order valence-electron chi connectivity index (χ4n) is 1.87. The third-order valence-corrected chi connectivity index (χ3v) is 4.12. The van der Waals surface area contributed by atoms with Gasteiger partial charge in [0, 0.05) is 22.8 Å². The molecular weight excluding hydrogens is 340 g/mol.